The van der Waals surface area contributed by atoms with E-state index in [2.05, 4.69) is 21.1 Å². The largest absolute Gasteiger partial charge is 0.409 e. The number of amides is 1. The first kappa shape index (κ1) is 15.8. The Hall–Kier alpha value is -1.27. The maximum absolute atomic E-state index is 12.3. The summed E-state index contributed by atoms with van der Waals surface area (Å²) in [4.78, 5) is 13.9. The van der Waals surface area contributed by atoms with Gasteiger partial charge in [-0.2, -0.15) is 0 Å². The van der Waals surface area contributed by atoms with E-state index in [-0.39, 0.29) is 11.7 Å². The molecule has 0 atom stereocenters. The Morgan fingerprint density at radius 2 is 2.26 bits per heavy atom. The van der Waals surface area contributed by atoms with Crippen molar-refractivity contribution < 1.29 is 10.0 Å². The first-order chi connectivity index (χ1) is 8.99. The average Bonchev–Trinajstić information content (AvgIpc) is 2.41. The fourth-order valence-corrected chi connectivity index (χ4v) is 2.01. The Kier molecular flexibility index (Phi) is 6.11. The molecule has 0 bridgehead atoms. The van der Waals surface area contributed by atoms with Crippen LogP contribution in [0.4, 0.5) is 0 Å². The third-order valence-electron chi connectivity index (χ3n) is 2.60. The van der Waals surface area contributed by atoms with Gasteiger partial charge in [0.05, 0.1) is 5.02 Å². The van der Waals surface area contributed by atoms with Crippen LogP contribution in [-0.4, -0.2) is 34.9 Å². The SMILES string of the molecule is CCN(CC/C(N)=N/O)C(=O)c1ccc(Cl)c(Br)c1. The van der Waals surface area contributed by atoms with Crippen LogP contribution < -0.4 is 5.73 Å². The van der Waals surface area contributed by atoms with Crippen molar-refractivity contribution in [1.82, 2.24) is 4.90 Å². The second-order valence-electron chi connectivity index (χ2n) is 3.86. The standard InChI is InChI=1S/C12H15BrClN3O2/c1-2-17(6-5-11(15)16-19)12(18)8-3-4-10(14)9(13)7-8/h3-4,7,19H,2,5-6H2,1H3,(H2,15,16). The minimum atomic E-state index is -0.120. The Balaban J connectivity index is 2.80. The highest BCUT2D eigenvalue weighted by molar-refractivity contribution is 9.10. The molecular weight excluding hydrogens is 334 g/mol. The summed E-state index contributed by atoms with van der Waals surface area (Å²) in [5.41, 5.74) is 5.94. The first-order valence-corrected chi connectivity index (χ1v) is 6.87. The van der Waals surface area contributed by atoms with Crippen molar-refractivity contribution in [3.8, 4) is 0 Å². The summed E-state index contributed by atoms with van der Waals surface area (Å²) in [6, 6.07) is 5.01. The molecule has 0 heterocycles. The van der Waals surface area contributed by atoms with Crippen LogP contribution in [0, 0.1) is 0 Å². The molecular formula is C12H15BrClN3O2. The molecule has 0 aliphatic carbocycles. The van der Waals surface area contributed by atoms with E-state index in [0.717, 1.165) is 0 Å². The zero-order valence-electron chi connectivity index (χ0n) is 10.4. The van der Waals surface area contributed by atoms with Crippen LogP contribution >= 0.6 is 27.5 Å². The maximum atomic E-state index is 12.3. The van der Waals surface area contributed by atoms with Crippen LogP contribution in [0.15, 0.2) is 27.8 Å². The van der Waals surface area contributed by atoms with Gasteiger partial charge in [0.2, 0.25) is 0 Å². The Labute approximate surface area is 125 Å². The lowest BCUT2D eigenvalue weighted by molar-refractivity contribution is 0.0768. The molecule has 0 unspecified atom stereocenters. The number of nitrogens with two attached hydrogens (primary N) is 1. The molecule has 1 aromatic carbocycles. The lowest BCUT2D eigenvalue weighted by Gasteiger charge is -2.20. The molecule has 5 nitrogen and oxygen atoms in total. The summed E-state index contributed by atoms with van der Waals surface area (Å²) in [7, 11) is 0. The van der Waals surface area contributed by atoms with Gasteiger partial charge in [-0.25, -0.2) is 0 Å². The zero-order chi connectivity index (χ0) is 14.4. The molecule has 19 heavy (non-hydrogen) atoms. The van der Waals surface area contributed by atoms with Crippen molar-refractivity contribution in [1.29, 1.82) is 0 Å². The third kappa shape index (κ3) is 4.40. The van der Waals surface area contributed by atoms with Gasteiger partial charge in [0.15, 0.2) is 0 Å². The second kappa shape index (κ2) is 7.35. The van der Waals surface area contributed by atoms with Crippen molar-refractivity contribution in [2.24, 2.45) is 10.9 Å². The van der Waals surface area contributed by atoms with E-state index in [4.69, 9.17) is 22.5 Å². The lowest BCUT2D eigenvalue weighted by Crippen LogP contribution is -2.33. The molecule has 3 N–H and O–H groups in total. The van der Waals surface area contributed by atoms with Gasteiger partial charge >= 0.3 is 0 Å². The number of carbonyl (C=O) groups excluding carboxylic acids is 1. The number of hydrogen-bond donors (Lipinski definition) is 2. The van der Waals surface area contributed by atoms with E-state index in [1.54, 1.807) is 23.1 Å². The predicted molar refractivity (Wildman–Crippen MR) is 78.8 cm³/mol. The van der Waals surface area contributed by atoms with Crippen molar-refractivity contribution in [2.45, 2.75) is 13.3 Å². The number of benzene rings is 1. The quantitative estimate of drug-likeness (QED) is 0.372. The second-order valence-corrected chi connectivity index (χ2v) is 5.12. The highest BCUT2D eigenvalue weighted by Crippen LogP contribution is 2.23. The number of halogens is 2. The predicted octanol–water partition coefficient (Wildman–Crippen LogP) is 2.70. The fourth-order valence-electron chi connectivity index (χ4n) is 1.51. The van der Waals surface area contributed by atoms with Crippen molar-refractivity contribution >= 4 is 39.3 Å². The van der Waals surface area contributed by atoms with Crippen molar-refractivity contribution in [3.63, 3.8) is 0 Å². The zero-order valence-corrected chi connectivity index (χ0v) is 12.8. The van der Waals surface area contributed by atoms with E-state index in [9.17, 15) is 4.79 Å². The number of carbonyl (C=O) groups is 1. The molecule has 0 aliphatic heterocycles. The van der Waals surface area contributed by atoms with Gasteiger partial charge in [0.1, 0.15) is 5.84 Å². The van der Waals surface area contributed by atoms with Crippen molar-refractivity contribution in [3.05, 3.63) is 33.3 Å². The van der Waals surface area contributed by atoms with Crippen LogP contribution in [0.3, 0.4) is 0 Å². The van der Waals surface area contributed by atoms with E-state index in [0.29, 0.717) is 34.6 Å². The number of nitrogens with zero attached hydrogens (tertiary/aromatic N) is 2. The molecule has 104 valence electrons. The summed E-state index contributed by atoms with van der Waals surface area (Å²) in [6.45, 7) is 2.80. The van der Waals surface area contributed by atoms with Gasteiger partial charge in [-0.15, -0.1) is 0 Å². The highest BCUT2D eigenvalue weighted by atomic mass is 79.9. The molecule has 0 spiro atoms. The minimum Gasteiger partial charge on any atom is -0.409 e. The Bertz CT molecular complexity index is 494. The average molecular weight is 349 g/mol. The summed E-state index contributed by atoms with van der Waals surface area (Å²) in [5, 5.41) is 11.9. The summed E-state index contributed by atoms with van der Waals surface area (Å²) >= 11 is 9.17. The minimum absolute atomic E-state index is 0.100. The molecule has 1 amide bonds. The van der Waals surface area contributed by atoms with Crippen molar-refractivity contribution in [2.75, 3.05) is 13.1 Å². The molecule has 0 aromatic heterocycles. The number of hydrogen-bond acceptors (Lipinski definition) is 3. The van der Waals surface area contributed by atoms with E-state index < -0.39 is 0 Å². The lowest BCUT2D eigenvalue weighted by atomic mass is 10.2. The molecule has 0 radical (unpaired) electrons. The molecule has 0 aliphatic rings. The van der Waals surface area contributed by atoms with Gasteiger partial charge in [-0.3, -0.25) is 4.79 Å². The maximum Gasteiger partial charge on any atom is 0.253 e. The van der Waals surface area contributed by atoms with Crippen LogP contribution in [0.5, 0.6) is 0 Å². The molecule has 1 rings (SSSR count). The number of oxime groups is 1. The normalized spacial score (nSPS) is 11.4. The van der Waals surface area contributed by atoms with Gasteiger partial charge in [0, 0.05) is 29.5 Å². The Morgan fingerprint density at radius 3 is 2.79 bits per heavy atom. The molecule has 0 saturated heterocycles. The van der Waals surface area contributed by atoms with Gasteiger partial charge in [-0.05, 0) is 41.1 Å². The van der Waals surface area contributed by atoms with E-state index in [1.807, 2.05) is 6.92 Å². The molecule has 7 heteroatoms. The van der Waals surface area contributed by atoms with E-state index >= 15 is 0 Å². The smallest absolute Gasteiger partial charge is 0.253 e. The number of amidine groups is 1. The summed E-state index contributed by atoms with van der Waals surface area (Å²) in [6.07, 6.45) is 0.324. The van der Waals surface area contributed by atoms with E-state index in [1.165, 1.54) is 0 Å². The molecule has 1 aromatic rings. The summed E-state index contributed by atoms with van der Waals surface area (Å²) < 4.78 is 0.674. The van der Waals surface area contributed by atoms with Crippen LogP contribution in [0.25, 0.3) is 0 Å². The van der Waals surface area contributed by atoms with Gasteiger partial charge in [-0.1, -0.05) is 16.8 Å². The number of rotatable bonds is 5. The fraction of sp³-hybridized carbons (Fsp3) is 0.333. The van der Waals surface area contributed by atoms with Crippen LogP contribution in [0.2, 0.25) is 5.02 Å². The topological polar surface area (TPSA) is 78.9 Å². The summed E-state index contributed by atoms with van der Waals surface area (Å²) in [5.74, 6) is -0.0193. The first-order valence-electron chi connectivity index (χ1n) is 5.70. The van der Waals surface area contributed by atoms with Gasteiger partial charge in [0.25, 0.3) is 5.91 Å². The third-order valence-corrected chi connectivity index (χ3v) is 3.82. The Morgan fingerprint density at radius 1 is 1.58 bits per heavy atom. The van der Waals surface area contributed by atoms with Crippen LogP contribution in [-0.2, 0) is 0 Å². The monoisotopic (exact) mass is 347 g/mol. The molecule has 0 fully saturated rings. The van der Waals surface area contributed by atoms with Gasteiger partial charge < -0.3 is 15.8 Å². The molecule has 0 saturated carbocycles. The van der Waals surface area contributed by atoms with Crippen LogP contribution in [0.1, 0.15) is 23.7 Å². The highest BCUT2D eigenvalue weighted by Gasteiger charge is 2.15.